The minimum absolute atomic E-state index is 0.450. The average Bonchev–Trinajstić information content (AvgIpc) is 2.49. The number of benzene rings is 1. The maximum atomic E-state index is 5.64. The topological polar surface area (TPSA) is 21.3 Å². The molecule has 1 aromatic rings. The third-order valence-electron chi connectivity index (χ3n) is 4.46. The van der Waals surface area contributed by atoms with Crippen LogP contribution in [0.25, 0.3) is 0 Å². The van der Waals surface area contributed by atoms with Crippen LogP contribution in [0, 0.1) is 12.8 Å². The van der Waals surface area contributed by atoms with Gasteiger partial charge in [0.2, 0.25) is 0 Å². The molecule has 1 unspecified atom stereocenters. The molecule has 0 aliphatic heterocycles. The molecule has 1 fully saturated rings. The highest BCUT2D eigenvalue weighted by molar-refractivity contribution is 5.39. The Balaban J connectivity index is 2.24. The van der Waals surface area contributed by atoms with Gasteiger partial charge in [-0.1, -0.05) is 38.3 Å². The summed E-state index contributed by atoms with van der Waals surface area (Å²) >= 11 is 0. The Morgan fingerprint density at radius 1 is 1.25 bits per heavy atom. The third kappa shape index (κ3) is 3.76. The Labute approximate surface area is 123 Å². The van der Waals surface area contributed by atoms with Gasteiger partial charge in [0.1, 0.15) is 5.75 Å². The number of aryl methyl sites for hydroxylation is 1. The lowest BCUT2D eigenvalue weighted by Gasteiger charge is -2.32. The maximum absolute atomic E-state index is 5.64. The van der Waals surface area contributed by atoms with Gasteiger partial charge in [0.05, 0.1) is 7.11 Å². The highest BCUT2D eigenvalue weighted by Gasteiger charge is 2.26. The molecule has 2 rings (SSSR count). The van der Waals surface area contributed by atoms with Crippen LogP contribution in [0.2, 0.25) is 0 Å². The van der Waals surface area contributed by atoms with Crippen molar-refractivity contribution in [2.24, 2.45) is 5.92 Å². The summed E-state index contributed by atoms with van der Waals surface area (Å²) < 4.78 is 5.64. The Morgan fingerprint density at radius 2 is 2.00 bits per heavy atom. The zero-order valence-electron chi connectivity index (χ0n) is 13.2. The highest BCUT2D eigenvalue weighted by atomic mass is 16.5. The van der Waals surface area contributed by atoms with Crippen molar-refractivity contribution in [1.29, 1.82) is 0 Å². The number of nitrogens with one attached hydrogen (secondary N) is 1. The quantitative estimate of drug-likeness (QED) is 0.817. The first-order chi connectivity index (χ1) is 9.76. The normalized spacial score (nSPS) is 17.9. The van der Waals surface area contributed by atoms with Crippen LogP contribution >= 0.6 is 0 Å². The number of methoxy groups -OCH3 is 1. The van der Waals surface area contributed by atoms with E-state index >= 15 is 0 Å². The predicted octanol–water partition coefficient (Wildman–Crippen LogP) is 4.62. The Bertz CT molecular complexity index is 410. The van der Waals surface area contributed by atoms with E-state index in [-0.39, 0.29) is 0 Å². The van der Waals surface area contributed by atoms with Crippen LogP contribution in [0.1, 0.15) is 62.6 Å². The second kappa shape index (κ2) is 7.68. The molecule has 0 amide bonds. The molecule has 0 heterocycles. The van der Waals surface area contributed by atoms with E-state index in [1.165, 1.54) is 49.7 Å². The van der Waals surface area contributed by atoms with Crippen molar-refractivity contribution in [3.8, 4) is 5.75 Å². The molecule has 1 aromatic carbocycles. The van der Waals surface area contributed by atoms with Gasteiger partial charge in [0.25, 0.3) is 0 Å². The summed E-state index contributed by atoms with van der Waals surface area (Å²) in [7, 11) is 1.79. The van der Waals surface area contributed by atoms with Gasteiger partial charge in [0, 0.05) is 11.6 Å². The van der Waals surface area contributed by atoms with Crippen LogP contribution in [-0.2, 0) is 0 Å². The van der Waals surface area contributed by atoms with Gasteiger partial charge >= 0.3 is 0 Å². The van der Waals surface area contributed by atoms with Crippen molar-refractivity contribution >= 4 is 0 Å². The molecule has 20 heavy (non-hydrogen) atoms. The molecule has 0 aromatic heterocycles. The molecule has 1 aliphatic rings. The van der Waals surface area contributed by atoms with Gasteiger partial charge in [-0.3, -0.25) is 0 Å². The number of ether oxygens (including phenoxy) is 1. The minimum atomic E-state index is 0.450. The first kappa shape index (κ1) is 15.4. The fourth-order valence-corrected chi connectivity index (χ4v) is 3.37. The lowest BCUT2D eigenvalue weighted by Crippen LogP contribution is -2.30. The van der Waals surface area contributed by atoms with Gasteiger partial charge < -0.3 is 10.1 Å². The van der Waals surface area contributed by atoms with E-state index in [2.05, 4.69) is 37.4 Å². The Morgan fingerprint density at radius 3 is 2.65 bits per heavy atom. The van der Waals surface area contributed by atoms with Crippen molar-refractivity contribution in [3.63, 3.8) is 0 Å². The molecular weight excluding hydrogens is 246 g/mol. The lowest BCUT2D eigenvalue weighted by molar-refractivity contribution is 0.266. The zero-order valence-corrected chi connectivity index (χ0v) is 13.2. The zero-order chi connectivity index (χ0) is 14.4. The molecule has 1 saturated carbocycles. The van der Waals surface area contributed by atoms with E-state index in [1.54, 1.807) is 7.11 Å². The first-order valence-electron chi connectivity index (χ1n) is 8.14. The molecule has 0 saturated heterocycles. The minimum Gasteiger partial charge on any atom is -0.496 e. The van der Waals surface area contributed by atoms with Gasteiger partial charge in [-0.25, -0.2) is 0 Å². The summed E-state index contributed by atoms with van der Waals surface area (Å²) in [6.45, 7) is 5.44. The molecule has 0 bridgehead atoms. The number of hydrogen-bond acceptors (Lipinski definition) is 2. The van der Waals surface area contributed by atoms with Crippen molar-refractivity contribution in [2.45, 2.75) is 58.4 Å². The van der Waals surface area contributed by atoms with Crippen LogP contribution in [0.3, 0.4) is 0 Å². The predicted molar refractivity (Wildman–Crippen MR) is 85.3 cm³/mol. The fraction of sp³-hybridized carbons (Fsp3) is 0.667. The summed E-state index contributed by atoms with van der Waals surface area (Å²) in [5.41, 5.74) is 2.61. The second-order valence-corrected chi connectivity index (χ2v) is 6.08. The smallest absolute Gasteiger partial charge is 0.123 e. The lowest BCUT2D eigenvalue weighted by atomic mass is 9.80. The summed E-state index contributed by atoms with van der Waals surface area (Å²) in [5.74, 6) is 1.80. The first-order valence-corrected chi connectivity index (χ1v) is 8.14. The second-order valence-electron chi connectivity index (χ2n) is 6.08. The van der Waals surface area contributed by atoms with Gasteiger partial charge in [-0.15, -0.1) is 0 Å². The van der Waals surface area contributed by atoms with E-state index in [4.69, 9.17) is 4.74 Å². The summed E-state index contributed by atoms with van der Waals surface area (Å²) in [6.07, 6.45) is 8.03. The molecule has 2 nitrogen and oxygen atoms in total. The summed E-state index contributed by atoms with van der Waals surface area (Å²) in [5, 5.41) is 3.77. The van der Waals surface area contributed by atoms with E-state index in [0.29, 0.717) is 6.04 Å². The standard InChI is InChI=1S/C18H29NO/c1-4-12-19-18(15-8-6-5-7-9-15)16-11-10-14(2)13-17(16)20-3/h10-11,13,15,18-19H,4-9,12H2,1-3H3. The largest absolute Gasteiger partial charge is 0.496 e. The van der Waals surface area contributed by atoms with Crippen LogP contribution < -0.4 is 10.1 Å². The fourth-order valence-electron chi connectivity index (χ4n) is 3.37. The Kier molecular flexibility index (Phi) is 5.90. The third-order valence-corrected chi connectivity index (χ3v) is 4.46. The van der Waals surface area contributed by atoms with Crippen molar-refractivity contribution in [2.75, 3.05) is 13.7 Å². The summed E-state index contributed by atoms with van der Waals surface area (Å²) in [6, 6.07) is 7.08. The molecule has 112 valence electrons. The van der Waals surface area contributed by atoms with Crippen LogP contribution in [0.4, 0.5) is 0 Å². The van der Waals surface area contributed by atoms with Crippen LogP contribution in [-0.4, -0.2) is 13.7 Å². The summed E-state index contributed by atoms with van der Waals surface area (Å²) in [4.78, 5) is 0. The van der Waals surface area contributed by atoms with Crippen molar-refractivity contribution in [1.82, 2.24) is 5.32 Å². The molecule has 0 spiro atoms. The van der Waals surface area contributed by atoms with Crippen LogP contribution in [0.5, 0.6) is 5.75 Å². The Hall–Kier alpha value is -1.02. The van der Waals surface area contributed by atoms with E-state index in [0.717, 1.165) is 18.2 Å². The average molecular weight is 275 g/mol. The van der Waals surface area contributed by atoms with E-state index in [1.807, 2.05) is 0 Å². The maximum Gasteiger partial charge on any atom is 0.123 e. The molecule has 0 radical (unpaired) electrons. The van der Waals surface area contributed by atoms with Gasteiger partial charge in [-0.05, 0) is 50.3 Å². The number of hydrogen-bond donors (Lipinski definition) is 1. The highest BCUT2D eigenvalue weighted by Crippen LogP contribution is 2.38. The van der Waals surface area contributed by atoms with Crippen molar-refractivity contribution < 1.29 is 4.74 Å². The SMILES string of the molecule is CCCNC(c1ccc(C)cc1OC)C1CCCCC1. The molecule has 2 heteroatoms. The van der Waals surface area contributed by atoms with E-state index < -0.39 is 0 Å². The van der Waals surface area contributed by atoms with E-state index in [9.17, 15) is 0 Å². The van der Waals surface area contributed by atoms with Gasteiger partial charge in [-0.2, -0.15) is 0 Å². The van der Waals surface area contributed by atoms with Crippen LogP contribution in [0.15, 0.2) is 18.2 Å². The molecule has 1 atom stereocenters. The van der Waals surface area contributed by atoms with Crippen molar-refractivity contribution in [3.05, 3.63) is 29.3 Å². The molecular formula is C18H29NO. The number of rotatable bonds is 6. The monoisotopic (exact) mass is 275 g/mol. The van der Waals surface area contributed by atoms with Gasteiger partial charge in [0.15, 0.2) is 0 Å². The molecule has 1 N–H and O–H groups in total. The molecule has 1 aliphatic carbocycles.